The third kappa shape index (κ3) is 3.07. The number of hydrogen-bond donors (Lipinski definition) is 0. The van der Waals surface area contributed by atoms with Gasteiger partial charge in [-0.2, -0.15) is 0 Å². The SMILES string of the molecule is CCn1c[n+](Cc2ccc(C)cc2)cn1.[Cl-]. The molecule has 0 saturated heterocycles. The minimum Gasteiger partial charge on any atom is -1.00 e. The van der Waals surface area contributed by atoms with Crippen LogP contribution in [0.4, 0.5) is 0 Å². The summed E-state index contributed by atoms with van der Waals surface area (Å²) in [7, 11) is 0. The summed E-state index contributed by atoms with van der Waals surface area (Å²) in [6.07, 6.45) is 3.89. The van der Waals surface area contributed by atoms with Crippen LogP contribution >= 0.6 is 0 Å². The van der Waals surface area contributed by atoms with Gasteiger partial charge in [-0.15, -0.1) is 4.68 Å². The Labute approximate surface area is 102 Å². The molecular formula is C12H16ClN3. The van der Waals surface area contributed by atoms with Crippen LogP contribution < -0.4 is 17.0 Å². The molecule has 2 aromatic rings. The molecule has 0 bridgehead atoms. The first kappa shape index (κ1) is 12.7. The molecule has 0 fully saturated rings. The van der Waals surface area contributed by atoms with Gasteiger partial charge in [0.2, 0.25) is 6.33 Å². The second kappa shape index (κ2) is 5.66. The molecule has 0 N–H and O–H groups in total. The zero-order chi connectivity index (χ0) is 10.7. The zero-order valence-corrected chi connectivity index (χ0v) is 10.4. The molecule has 0 aliphatic heterocycles. The summed E-state index contributed by atoms with van der Waals surface area (Å²) in [5.74, 6) is 0. The Bertz CT molecular complexity index is 434. The van der Waals surface area contributed by atoms with Gasteiger partial charge >= 0.3 is 0 Å². The molecule has 1 aromatic carbocycles. The van der Waals surface area contributed by atoms with Crippen molar-refractivity contribution in [2.75, 3.05) is 0 Å². The lowest BCUT2D eigenvalue weighted by molar-refractivity contribution is -0.689. The number of hydrogen-bond acceptors (Lipinski definition) is 1. The van der Waals surface area contributed by atoms with Crippen LogP contribution in [0.25, 0.3) is 0 Å². The third-order valence-corrected chi connectivity index (χ3v) is 2.44. The Morgan fingerprint density at radius 3 is 2.50 bits per heavy atom. The van der Waals surface area contributed by atoms with Gasteiger partial charge in [-0.05, 0) is 19.4 Å². The van der Waals surface area contributed by atoms with Gasteiger partial charge in [0.25, 0.3) is 6.33 Å². The van der Waals surface area contributed by atoms with Gasteiger partial charge in [-0.3, -0.25) is 0 Å². The summed E-state index contributed by atoms with van der Waals surface area (Å²) in [6.45, 7) is 6.00. The minimum absolute atomic E-state index is 0. The lowest BCUT2D eigenvalue weighted by atomic mass is 10.1. The fourth-order valence-electron chi connectivity index (χ4n) is 1.51. The lowest BCUT2D eigenvalue weighted by Crippen LogP contribution is -3.00. The van der Waals surface area contributed by atoms with E-state index in [1.54, 1.807) is 0 Å². The Morgan fingerprint density at radius 2 is 1.94 bits per heavy atom. The monoisotopic (exact) mass is 237 g/mol. The molecule has 0 amide bonds. The summed E-state index contributed by atoms with van der Waals surface area (Å²) >= 11 is 0. The lowest BCUT2D eigenvalue weighted by Gasteiger charge is -1.98. The van der Waals surface area contributed by atoms with Crippen molar-refractivity contribution in [2.24, 2.45) is 0 Å². The van der Waals surface area contributed by atoms with Crippen molar-refractivity contribution in [2.45, 2.75) is 26.9 Å². The van der Waals surface area contributed by atoms with Crippen LogP contribution in [0.3, 0.4) is 0 Å². The van der Waals surface area contributed by atoms with Crippen LogP contribution in [0.2, 0.25) is 0 Å². The highest BCUT2D eigenvalue weighted by molar-refractivity contribution is 5.20. The predicted octanol–water partition coefficient (Wildman–Crippen LogP) is -1.45. The van der Waals surface area contributed by atoms with E-state index in [0.717, 1.165) is 13.1 Å². The Hall–Kier alpha value is -1.35. The second-order valence-corrected chi connectivity index (χ2v) is 3.76. The minimum atomic E-state index is 0. The molecule has 1 aromatic heterocycles. The number of rotatable bonds is 3. The van der Waals surface area contributed by atoms with Gasteiger partial charge in [0.1, 0.15) is 6.54 Å². The van der Waals surface area contributed by atoms with Crippen molar-refractivity contribution in [3.63, 3.8) is 0 Å². The Balaban J connectivity index is 0.00000128. The maximum absolute atomic E-state index is 4.23. The molecule has 0 spiro atoms. The molecule has 0 saturated carbocycles. The molecule has 86 valence electrons. The van der Waals surface area contributed by atoms with Crippen molar-refractivity contribution < 1.29 is 17.0 Å². The molecular weight excluding hydrogens is 222 g/mol. The average Bonchev–Trinajstić information content (AvgIpc) is 2.69. The first-order valence-corrected chi connectivity index (χ1v) is 5.25. The molecule has 0 aliphatic rings. The third-order valence-electron chi connectivity index (χ3n) is 2.44. The van der Waals surface area contributed by atoms with Crippen LogP contribution in [0.5, 0.6) is 0 Å². The zero-order valence-electron chi connectivity index (χ0n) is 9.60. The van der Waals surface area contributed by atoms with E-state index in [-0.39, 0.29) is 12.4 Å². The standard InChI is InChI=1S/C12H16N3.ClH/c1-3-15-10-14(9-13-15)8-12-6-4-11(2)5-7-12;/h4-7,9-10H,3,8H2,1-2H3;1H/q+1;/p-1. The van der Waals surface area contributed by atoms with Crippen molar-refractivity contribution in [3.05, 3.63) is 48.0 Å². The highest BCUT2D eigenvalue weighted by atomic mass is 35.5. The van der Waals surface area contributed by atoms with Crippen molar-refractivity contribution >= 4 is 0 Å². The van der Waals surface area contributed by atoms with E-state index >= 15 is 0 Å². The molecule has 0 atom stereocenters. The van der Waals surface area contributed by atoms with E-state index in [9.17, 15) is 0 Å². The van der Waals surface area contributed by atoms with Gasteiger partial charge in [-0.25, -0.2) is 4.57 Å². The molecule has 16 heavy (non-hydrogen) atoms. The second-order valence-electron chi connectivity index (χ2n) is 3.76. The van der Waals surface area contributed by atoms with E-state index < -0.39 is 0 Å². The maximum Gasteiger partial charge on any atom is 0.265 e. The maximum atomic E-state index is 4.23. The molecule has 0 unspecified atom stereocenters. The van der Waals surface area contributed by atoms with Crippen LogP contribution in [0.1, 0.15) is 18.1 Å². The fraction of sp³-hybridized carbons (Fsp3) is 0.333. The summed E-state index contributed by atoms with van der Waals surface area (Å²) in [6, 6.07) is 8.59. The van der Waals surface area contributed by atoms with Crippen LogP contribution in [0, 0.1) is 6.92 Å². The molecule has 1 heterocycles. The highest BCUT2D eigenvalue weighted by Crippen LogP contribution is 2.02. The predicted molar refractivity (Wildman–Crippen MR) is 58.4 cm³/mol. The summed E-state index contributed by atoms with van der Waals surface area (Å²) in [4.78, 5) is 0. The van der Waals surface area contributed by atoms with Gasteiger partial charge in [0.15, 0.2) is 0 Å². The van der Waals surface area contributed by atoms with Crippen LogP contribution in [-0.4, -0.2) is 9.78 Å². The van der Waals surface area contributed by atoms with Gasteiger partial charge in [-0.1, -0.05) is 29.8 Å². The molecule has 0 radical (unpaired) electrons. The smallest absolute Gasteiger partial charge is 0.265 e. The van der Waals surface area contributed by atoms with Crippen molar-refractivity contribution in [1.29, 1.82) is 0 Å². The van der Waals surface area contributed by atoms with Crippen LogP contribution in [-0.2, 0) is 13.1 Å². The van der Waals surface area contributed by atoms with Gasteiger partial charge in [0.05, 0.1) is 6.54 Å². The number of halogens is 1. The van der Waals surface area contributed by atoms with Gasteiger partial charge < -0.3 is 12.4 Å². The number of aromatic nitrogens is 3. The largest absolute Gasteiger partial charge is 1.00 e. The van der Waals surface area contributed by atoms with E-state index in [1.165, 1.54) is 11.1 Å². The average molecular weight is 238 g/mol. The van der Waals surface area contributed by atoms with Gasteiger partial charge in [0, 0.05) is 5.10 Å². The summed E-state index contributed by atoms with van der Waals surface area (Å²) in [5.41, 5.74) is 2.61. The summed E-state index contributed by atoms with van der Waals surface area (Å²) < 4.78 is 4.02. The number of benzene rings is 1. The number of aryl methyl sites for hydroxylation is 2. The normalized spacial score (nSPS) is 9.88. The molecule has 2 rings (SSSR count). The molecule has 3 nitrogen and oxygen atoms in total. The Kier molecular flexibility index (Phi) is 4.50. The summed E-state index contributed by atoms with van der Waals surface area (Å²) in [5, 5.41) is 4.23. The highest BCUT2D eigenvalue weighted by Gasteiger charge is 2.03. The molecule has 4 heteroatoms. The first-order valence-electron chi connectivity index (χ1n) is 5.25. The van der Waals surface area contributed by atoms with E-state index in [4.69, 9.17) is 0 Å². The first-order chi connectivity index (χ1) is 7.28. The van der Waals surface area contributed by atoms with Crippen LogP contribution in [0.15, 0.2) is 36.9 Å². The van der Waals surface area contributed by atoms with Crippen molar-refractivity contribution in [3.8, 4) is 0 Å². The van der Waals surface area contributed by atoms with E-state index in [0.29, 0.717) is 0 Å². The number of nitrogens with zero attached hydrogens (tertiary/aromatic N) is 3. The van der Waals surface area contributed by atoms with Crippen molar-refractivity contribution in [1.82, 2.24) is 9.78 Å². The fourth-order valence-corrected chi connectivity index (χ4v) is 1.51. The topological polar surface area (TPSA) is 21.7 Å². The molecule has 0 aliphatic carbocycles. The quantitative estimate of drug-likeness (QED) is 0.599. The van der Waals surface area contributed by atoms with E-state index in [1.807, 2.05) is 17.3 Å². The Morgan fingerprint density at radius 1 is 1.25 bits per heavy atom. The van der Waals surface area contributed by atoms with E-state index in [2.05, 4.69) is 47.8 Å².